The van der Waals surface area contributed by atoms with Gasteiger partial charge in [0.05, 0.1) is 5.41 Å². The van der Waals surface area contributed by atoms with E-state index in [1.807, 2.05) is 0 Å². The van der Waals surface area contributed by atoms with E-state index >= 15 is 0 Å². The van der Waals surface area contributed by atoms with Crippen molar-refractivity contribution in [1.82, 2.24) is 0 Å². The summed E-state index contributed by atoms with van der Waals surface area (Å²) in [6.45, 7) is 4.72. The lowest BCUT2D eigenvalue weighted by Gasteiger charge is -2.40. The molecular weight excluding hydrogens is 823 g/mol. The van der Waals surface area contributed by atoms with Crippen molar-refractivity contribution in [3.05, 3.63) is 270 Å². The second-order valence-electron chi connectivity index (χ2n) is 19.2. The molecule has 1 spiro atoms. The smallest absolute Gasteiger partial charge is 0.140 e. The monoisotopic (exact) mass is 867 g/mol. The number of benzene rings is 11. The fourth-order valence-electron chi connectivity index (χ4n) is 12.1. The Balaban J connectivity index is 0.929. The average Bonchev–Trinajstić information content (AvgIpc) is 3.81. The highest BCUT2D eigenvalue weighted by Crippen LogP contribution is 2.64. The highest BCUT2D eigenvalue weighted by atomic mass is 16.5. The molecule has 2 aliphatic carbocycles. The molecule has 14 rings (SSSR count). The summed E-state index contributed by atoms with van der Waals surface area (Å²) in [5.41, 5.74) is 20.2. The summed E-state index contributed by atoms with van der Waals surface area (Å²) in [5, 5.41) is 4.58. The predicted molar refractivity (Wildman–Crippen MR) is 282 cm³/mol. The van der Waals surface area contributed by atoms with Gasteiger partial charge in [-0.25, -0.2) is 0 Å². The molecule has 68 heavy (non-hydrogen) atoms. The molecule has 0 atom stereocenters. The molecule has 0 saturated carbocycles. The molecule has 11 aromatic carbocycles. The summed E-state index contributed by atoms with van der Waals surface area (Å²) in [6, 6.07) is 87.4. The molecule has 0 aromatic heterocycles. The molecule has 2 heteroatoms. The molecule has 0 bridgehead atoms. The first-order chi connectivity index (χ1) is 33.5. The van der Waals surface area contributed by atoms with Crippen molar-refractivity contribution in [2.45, 2.75) is 24.7 Å². The van der Waals surface area contributed by atoms with Gasteiger partial charge in [0.15, 0.2) is 0 Å². The number of rotatable bonds is 5. The van der Waals surface area contributed by atoms with Crippen LogP contribution in [-0.2, 0) is 10.8 Å². The number of anilines is 3. The molecule has 2 nitrogen and oxygen atoms in total. The largest absolute Gasteiger partial charge is 0.455 e. The Kier molecular flexibility index (Phi) is 8.28. The molecule has 0 N–H and O–H groups in total. The van der Waals surface area contributed by atoms with E-state index in [-0.39, 0.29) is 5.41 Å². The highest BCUT2D eigenvalue weighted by molar-refractivity contribution is 6.00. The van der Waals surface area contributed by atoms with E-state index in [1.54, 1.807) is 0 Å². The van der Waals surface area contributed by atoms with Crippen LogP contribution in [0.1, 0.15) is 47.2 Å². The Bertz CT molecular complexity index is 3760. The minimum atomic E-state index is -0.609. The molecule has 3 aliphatic rings. The highest BCUT2D eigenvalue weighted by Gasteiger charge is 2.52. The number of ether oxygens (including phenoxy) is 1. The summed E-state index contributed by atoms with van der Waals surface area (Å²) in [6.07, 6.45) is 0. The molecule has 1 aliphatic heterocycles. The van der Waals surface area contributed by atoms with Gasteiger partial charge in [0.1, 0.15) is 11.5 Å². The molecule has 0 saturated heterocycles. The van der Waals surface area contributed by atoms with Gasteiger partial charge in [-0.05, 0) is 120 Å². The standard InChI is InChI=1S/C66H45NO/c1-65(2)57-22-12-10-20-53(57)55-37-35-50(41-61(55)65)67(48-31-24-43(25-32-48)42-14-4-3-5-15-42)49-33-26-44(27-34-49)47-28-36-56-54-21-11-13-23-58(54)66(62(56)40-47)59-38-29-45-16-6-8-18-51(45)63(59)68-64-52-19-9-7-17-46(52)30-39-60(64)66/h3-41H,1-2H3. The maximum absolute atomic E-state index is 7.22. The van der Waals surface area contributed by atoms with Gasteiger partial charge >= 0.3 is 0 Å². The van der Waals surface area contributed by atoms with E-state index in [0.29, 0.717) is 0 Å². The van der Waals surface area contributed by atoms with Crippen molar-refractivity contribution in [1.29, 1.82) is 0 Å². The minimum absolute atomic E-state index is 0.120. The first kappa shape index (κ1) is 38.8. The summed E-state index contributed by atoms with van der Waals surface area (Å²) in [4.78, 5) is 2.41. The molecule has 0 unspecified atom stereocenters. The maximum atomic E-state index is 7.22. The van der Waals surface area contributed by atoms with Gasteiger partial charge < -0.3 is 9.64 Å². The van der Waals surface area contributed by atoms with Crippen LogP contribution in [0.15, 0.2) is 237 Å². The number of fused-ring (bicyclic) bond motifs is 16. The Hall–Kier alpha value is -8.46. The second kappa shape index (κ2) is 14.5. The van der Waals surface area contributed by atoms with Gasteiger partial charge in [-0.2, -0.15) is 0 Å². The van der Waals surface area contributed by atoms with E-state index in [1.165, 1.54) is 83.1 Å². The van der Waals surface area contributed by atoms with Crippen LogP contribution in [0.5, 0.6) is 11.5 Å². The minimum Gasteiger partial charge on any atom is -0.455 e. The number of hydrogen-bond acceptors (Lipinski definition) is 2. The molecular formula is C66H45NO. The van der Waals surface area contributed by atoms with Crippen molar-refractivity contribution in [2.24, 2.45) is 0 Å². The van der Waals surface area contributed by atoms with Gasteiger partial charge in [-0.15, -0.1) is 0 Å². The summed E-state index contributed by atoms with van der Waals surface area (Å²) < 4.78 is 7.22. The van der Waals surface area contributed by atoms with Crippen LogP contribution in [0.3, 0.4) is 0 Å². The van der Waals surface area contributed by atoms with Crippen molar-refractivity contribution >= 4 is 38.6 Å². The lowest BCUT2D eigenvalue weighted by molar-refractivity contribution is 0.447. The van der Waals surface area contributed by atoms with Crippen LogP contribution in [0, 0.1) is 0 Å². The van der Waals surface area contributed by atoms with Gasteiger partial charge in [0.25, 0.3) is 0 Å². The van der Waals surface area contributed by atoms with E-state index in [2.05, 4.69) is 255 Å². The topological polar surface area (TPSA) is 12.5 Å². The molecule has 11 aromatic rings. The van der Waals surface area contributed by atoms with Crippen molar-refractivity contribution in [3.63, 3.8) is 0 Å². The zero-order valence-electron chi connectivity index (χ0n) is 37.9. The first-order valence-corrected chi connectivity index (χ1v) is 23.7. The molecule has 1 heterocycles. The van der Waals surface area contributed by atoms with Crippen molar-refractivity contribution in [2.75, 3.05) is 4.90 Å². The van der Waals surface area contributed by atoms with E-state index in [0.717, 1.165) is 44.9 Å². The van der Waals surface area contributed by atoms with Crippen LogP contribution in [0.4, 0.5) is 17.1 Å². The average molecular weight is 868 g/mol. The van der Waals surface area contributed by atoms with Crippen LogP contribution in [-0.4, -0.2) is 0 Å². The Morgan fingerprint density at radius 1 is 0.309 bits per heavy atom. The van der Waals surface area contributed by atoms with Gasteiger partial charge in [0.2, 0.25) is 0 Å². The third kappa shape index (κ3) is 5.46. The number of nitrogens with zero attached hydrogens (tertiary/aromatic N) is 1. The van der Waals surface area contributed by atoms with Gasteiger partial charge in [0, 0.05) is 44.4 Å². The summed E-state index contributed by atoms with van der Waals surface area (Å²) in [5.74, 6) is 1.86. The first-order valence-electron chi connectivity index (χ1n) is 23.7. The predicted octanol–water partition coefficient (Wildman–Crippen LogP) is 17.6. The third-order valence-corrected chi connectivity index (χ3v) is 15.3. The molecule has 320 valence electrons. The Labute approximate surface area is 397 Å². The van der Waals surface area contributed by atoms with E-state index in [9.17, 15) is 0 Å². The summed E-state index contributed by atoms with van der Waals surface area (Å²) >= 11 is 0. The fraction of sp³-hybridized carbons (Fsp3) is 0.0606. The van der Waals surface area contributed by atoms with Crippen LogP contribution in [0.25, 0.3) is 66.1 Å². The Morgan fingerprint density at radius 2 is 0.765 bits per heavy atom. The zero-order valence-corrected chi connectivity index (χ0v) is 37.9. The van der Waals surface area contributed by atoms with Crippen LogP contribution < -0.4 is 9.64 Å². The molecule has 0 radical (unpaired) electrons. The number of hydrogen-bond donors (Lipinski definition) is 0. The van der Waals surface area contributed by atoms with Gasteiger partial charge in [-0.3, -0.25) is 0 Å². The fourth-order valence-corrected chi connectivity index (χ4v) is 12.1. The van der Waals surface area contributed by atoms with Crippen LogP contribution in [0.2, 0.25) is 0 Å². The van der Waals surface area contributed by atoms with Crippen LogP contribution >= 0.6 is 0 Å². The quantitative estimate of drug-likeness (QED) is 0.171. The second-order valence-corrected chi connectivity index (χ2v) is 19.2. The normalized spacial score (nSPS) is 14.1. The molecule has 0 fully saturated rings. The van der Waals surface area contributed by atoms with E-state index in [4.69, 9.17) is 4.74 Å². The third-order valence-electron chi connectivity index (χ3n) is 15.3. The summed E-state index contributed by atoms with van der Waals surface area (Å²) in [7, 11) is 0. The van der Waals surface area contributed by atoms with Crippen molar-refractivity contribution < 1.29 is 4.74 Å². The zero-order chi connectivity index (χ0) is 45.1. The molecule has 0 amide bonds. The SMILES string of the molecule is CC1(C)c2ccccc2-c2ccc(N(c3ccc(-c4ccccc4)cc3)c3ccc(-c4ccc5c(c4)C4(c6ccccc6-5)c5ccc6ccccc6c5Oc5c4ccc4ccccc54)cc3)cc21. The lowest BCUT2D eigenvalue weighted by atomic mass is 9.65. The van der Waals surface area contributed by atoms with E-state index < -0.39 is 5.41 Å². The van der Waals surface area contributed by atoms with Gasteiger partial charge in [-0.1, -0.05) is 208 Å². The maximum Gasteiger partial charge on any atom is 0.140 e. The Morgan fingerprint density at radius 3 is 1.41 bits per heavy atom. The van der Waals surface area contributed by atoms with Crippen molar-refractivity contribution in [3.8, 4) is 56.0 Å². The lowest BCUT2D eigenvalue weighted by Crippen LogP contribution is -2.32.